The molecule has 4 rings (SSSR count). The van der Waals surface area contributed by atoms with Gasteiger partial charge in [0.2, 0.25) is 0 Å². The van der Waals surface area contributed by atoms with Crippen molar-refractivity contribution in [2.45, 2.75) is 20.8 Å². The summed E-state index contributed by atoms with van der Waals surface area (Å²) in [5.41, 5.74) is 5.67. The number of para-hydroxylation sites is 1. The molecule has 1 aliphatic heterocycles. The number of carbonyl (C=O) groups is 2. The van der Waals surface area contributed by atoms with Crippen molar-refractivity contribution >= 4 is 46.2 Å². The molecule has 34 heavy (non-hydrogen) atoms. The summed E-state index contributed by atoms with van der Waals surface area (Å²) < 4.78 is 5.67. The molecule has 0 bridgehead atoms. The molecule has 3 aromatic rings. The quantitative estimate of drug-likeness (QED) is 0.464. The van der Waals surface area contributed by atoms with Gasteiger partial charge < -0.3 is 15.4 Å². The van der Waals surface area contributed by atoms with Crippen molar-refractivity contribution in [1.29, 1.82) is 0 Å². The molecular formula is C27H25N3O3S. The maximum Gasteiger partial charge on any atom is 0.264 e. The van der Waals surface area contributed by atoms with Crippen LogP contribution in [-0.4, -0.2) is 23.6 Å². The Balaban J connectivity index is 1.39. The second-order valence-corrected chi connectivity index (χ2v) is 9.01. The number of benzene rings is 3. The van der Waals surface area contributed by atoms with Crippen LogP contribution in [0, 0.1) is 20.8 Å². The SMILES string of the molecule is Cc1ccc(NC(=O)COc2cccc(/C=C3\SC(=Nc4ccccc4C)NC3=O)c2)cc1C. The van der Waals surface area contributed by atoms with E-state index in [-0.39, 0.29) is 18.4 Å². The van der Waals surface area contributed by atoms with Gasteiger partial charge in [0.25, 0.3) is 11.8 Å². The maximum atomic E-state index is 12.4. The number of hydrogen-bond acceptors (Lipinski definition) is 5. The third kappa shape index (κ3) is 5.94. The number of nitrogens with zero attached hydrogens (tertiary/aromatic N) is 1. The lowest BCUT2D eigenvalue weighted by Crippen LogP contribution is -2.20. The van der Waals surface area contributed by atoms with E-state index in [9.17, 15) is 9.59 Å². The lowest BCUT2D eigenvalue weighted by atomic mass is 10.1. The van der Waals surface area contributed by atoms with E-state index in [4.69, 9.17) is 4.74 Å². The number of amidine groups is 1. The van der Waals surface area contributed by atoms with Crippen LogP contribution in [0.25, 0.3) is 6.08 Å². The largest absolute Gasteiger partial charge is 0.484 e. The molecule has 1 saturated heterocycles. The number of ether oxygens (including phenoxy) is 1. The minimum Gasteiger partial charge on any atom is -0.484 e. The summed E-state index contributed by atoms with van der Waals surface area (Å²) in [6.45, 7) is 5.89. The number of anilines is 1. The van der Waals surface area contributed by atoms with Crippen LogP contribution in [0.15, 0.2) is 76.6 Å². The molecule has 7 heteroatoms. The molecule has 0 aliphatic carbocycles. The first kappa shape index (κ1) is 23.3. The first-order valence-electron chi connectivity index (χ1n) is 10.8. The predicted molar refractivity (Wildman–Crippen MR) is 138 cm³/mol. The van der Waals surface area contributed by atoms with Crippen LogP contribution < -0.4 is 15.4 Å². The third-order valence-corrected chi connectivity index (χ3v) is 6.21. The van der Waals surface area contributed by atoms with Gasteiger partial charge in [-0.3, -0.25) is 9.59 Å². The zero-order valence-electron chi connectivity index (χ0n) is 19.2. The number of rotatable bonds is 6. The first-order chi connectivity index (χ1) is 16.4. The van der Waals surface area contributed by atoms with Crippen LogP contribution in [-0.2, 0) is 9.59 Å². The van der Waals surface area contributed by atoms with Gasteiger partial charge in [-0.05, 0) is 91.2 Å². The van der Waals surface area contributed by atoms with E-state index >= 15 is 0 Å². The summed E-state index contributed by atoms with van der Waals surface area (Å²) in [4.78, 5) is 29.8. The van der Waals surface area contributed by atoms with Crippen LogP contribution in [0.1, 0.15) is 22.3 Å². The molecule has 2 N–H and O–H groups in total. The number of aliphatic imine (C=N–C) groups is 1. The van der Waals surface area contributed by atoms with Crippen LogP contribution in [0.3, 0.4) is 0 Å². The fourth-order valence-electron chi connectivity index (χ4n) is 3.29. The number of carbonyl (C=O) groups excluding carboxylic acids is 2. The minimum absolute atomic E-state index is 0.116. The van der Waals surface area contributed by atoms with E-state index in [1.165, 1.54) is 17.3 Å². The van der Waals surface area contributed by atoms with Crippen molar-refractivity contribution in [3.63, 3.8) is 0 Å². The van der Waals surface area contributed by atoms with Gasteiger partial charge in [-0.1, -0.05) is 36.4 Å². The van der Waals surface area contributed by atoms with Gasteiger partial charge in [-0.2, -0.15) is 0 Å². The first-order valence-corrected chi connectivity index (χ1v) is 11.6. The summed E-state index contributed by atoms with van der Waals surface area (Å²) in [6, 6.07) is 20.8. The third-order valence-electron chi connectivity index (χ3n) is 5.30. The van der Waals surface area contributed by atoms with E-state index in [1.54, 1.807) is 18.2 Å². The standard InChI is InChI=1S/C27H25N3O3S/c1-17-11-12-21(13-19(17)3)28-25(31)16-33-22-9-6-8-20(14-22)15-24-26(32)30-27(34-24)29-23-10-5-4-7-18(23)2/h4-15H,16H2,1-3H3,(H,28,31)(H,29,30,32)/b24-15-. The van der Waals surface area contributed by atoms with Crippen molar-refractivity contribution in [2.24, 2.45) is 4.99 Å². The highest BCUT2D eigenvalue weighted by molar-refractivity contribution is 8.18. The lowest BCUT2D eigenvalue weighted by Gasteiger charge is -2.09. The van der Waals surface area contributed by atoms with Gasteiger partial charge in [-0.15, -0.1) is 0 Å². The van der Waals surface area contributed by atoms with E-state index in [0.29, 0.717) is 15.8 Å². The molecule has 1 aliphatic rings. The fraction of sp³-hybridized carbons (Fsp3) is 0.148. The Labute approximate surface area is 203 Å². The van der Waals surface area contributed by atoms with Crippen molar-refractivity contribution in [3.05, 3.63) is 93.9 Å². The average molecular weight is 472 g/mol. The highest BCUT2D eigenvalue weighted by Crippen LogP contribution is 2.29. The minimum atomic E-state index is -0.241. The Morgan fingerprint density at radius 1 is 1.00 bits per heavy atom. The molecule has 0 saturated carbocycles. The van der Waals surface area contributed by atoms with Crippen LogP contribution in [0.5, 0.6) is 5.75 Å². The Bertz CT molecular complexity index is 1310. The van der Waals surface area contributed by atoms with Crippen LogP contribution >= 0.6 is 11.8 Å². The summed E-state index contributed by atoms with van der Waals surface area (Å²) in [5.74, 6) is 0.105. The number of amides is 2. The topological polar surface area (TPSA) is 79.8 Å². The van der Waals surface area contributed by atoms with E-state index in [2.05, 4.69) is 15.6 Å². The molecule has 3 aromatic carbocycles. The van der Waals surface area contributed by atoms with Gasteiger partial charge in [0.15, 0.2) is 11.8 Å². The average Bonchev–Trinajstić information content (AvgIpc) is 3.15. The Kier molecular flexibility index (Phi) is 7.13. The van der Waals surface area contributed by atoms with E-state index in [0.717, 1.165) is 28.1 Å². The van der Waals surface area contributed by atoms with Crippen molar-refractivity contribution in [3.8, 4) is 5.75 Å². The highest BCUT2D eigenvalue weighted by atomic mass is 32.2. The Morgan fingerprint density at radius 2 is 1.82 bits per heavy atom. The van der Waals surface area contributed by atoms with Gasteiger partial charge >= 0.3 is 0 Å². The van der Waals surface area contributed by atoms with Crippen molar-refractivity contribution < 1.29 is 14.3 Å². The molecule has 1 fully saturated rings. The van der Waals surface area contributed by atoms with E-state index in [1.807, 2.05) is 75.4 Å². The smallest absolute Gasteiger partial charge is 0.264 e. The number of hydrogen-bond donors (Lipinski definition) is 2. The molecule has 172 valence electrons. The van der Waals surface area contributed by atoms with Gasteiger partial charge in [-0.25, -0.2) is 4.99 Å². The maximum absolute atomic E-state index is 12.4. The molecule has 0 radical (unpaired) electrons. The predicted octanol–water partition coefficient (Wildman–Crippen LogP) is 5.52. The molecule has 2 amide bonds. The summed E-state index contributed by atoms with van der Waals surface area (Å²) in [7, 11) is 0. The molecular weight excluding hydrogens is 446 g/mol. The van der Waals surface area contributed by atoms with Gasteiger partial charge in [0, 0.05) is 5.69 Å². The second kappa shape index (κ2) is 10.4. The fourth-order valence-corrected chi connectivity index (χ4v) is 4.12. The van der Waals surface area contributed by atoms with Crippen molar-refractivity contribution in [2.75, 3.05) is 11.9 Å². The lowest BCUT2D eigenvalue weighted by molar-refractivity contribution is -0.118. The molecule has 0 aromatic heterocycles. The van der Waals surface area contributed by atoms with Crippen molar-refractivity contribution in [1.82, 2.24) is 5.32 Å². The summed E-state index contributed by atoms with van der Waals surface area (Å²) in [5, 5.41) is 6.19. The van der Waals surface area contributed by atoms with Crippen LogP contribution in [0.4, 0.5) is 11.4 Å². The summed E-state index contributed by atoms with van der Waals surface area (Å²) >= 11 is 1.29. The molecule has 1 heterocycles. The Morgan fingerprint density at radius 3 is 2.62 bits per heavy atom. The molecule has 0 atom stereocenters. The number of thioether (sulfide) groups is 1. The van der Waals surface area contributed by atoms with Gasteiger partial charge in [0.05, 0.1) is 10.6 Å². The summed E-state index contributed by atoms with van der Waals surface area (Å²) in [6.07, 6.45) is 1.78. The molecule has 0 unspecified atom stereocenters. The normalized spacial score (nSPS) is 15.4. The second-order valence-electron chi connectivity index (χ2n) is 7.98. The zero-order chi connectivity index (χ0) is 24.1. The zero-order valence-corrected chi connectivity index (χ0v) is 20.0. The number of aryl methyl sites for hydroxylation is 3. The highest BCUT2D eigenvalue weighted by Gasteiger charge is 2.24. The Hall–Kier alpha value is -3.84. The number of nitrogens with one attached hydrogen (secondary N) is 2. The molecule has 0 spiro atoms. The monoisotopic (exact) mass is 471 g/mol. The van der Waals surface area contributed by atoms with Gasteiger partial charge in [0.1, 0.15) is 5.75 Å². The molecule has 6 nitrogen and oxygen atoms in total. The van der Waals surface area contributed by atoms with Crippen LogP contribution in [0.2, 0.25) is 0 Å². The van der Waals surface area contributed by atoms with E-state index < -0.39 is 0 Å².